The molecule has 1 aromatic heterocycles. The molecule has 2 N–H and O–H groups in total. The van der Waals surface area contributed by atoms with E-state index in [1.807, 2.05) is 25.1 Å². The van der Waals surface area contributed by atoms with Gasteiger partial charge in [-0.3, -0.25) is 9.89 Å². The van der Waals surface area contributed by atoms with Gasteiger partial charge in [-0.05, 0) is 24.0 Å². The molecule has 1 aromatic carbocycles. The van der Waals surface area contributed by atoms with Crippen LogP contribution in [0, 0.1) is 0 Å². The molecule has 0 saturated carbocycles. The second-order valence-electron chi connectivity index (χ2n) is 4.57. The first-order valence-corrected chi connectivity index (χ1v) is 6.20. The Balaban J connectivity index is 1.75. The number of rotatable bonds is 3. The van der Waals surface area contributed by atoms with Crippen LogP contribution in [0.5, 0.6) is 0 Å². The van der Waals surface area contributed by atoms with E-state index in [4.69, 9.17) is 0 Å². The molecule has 1 unspecified atom stereocenters. The summed E-state index contributed by atoms with van der Waals surface area (Å²) in [7, 11) is 0. The quantitative estimate of drug-likeness (QED) is 0.866. The predicted octanol–water partition coefficient (Wildman–Crippen LogP) is 2.25. The van der Waals surface area contributed by atoms with Gasteiger partial charge < -0.3 is 5.32 Å². The third kappa shape index (κ3) is 1.70. The van der Waals surface area contributed by atoms with Crippen molar-refractivity contribution < 1.29 is 4.79 Å². The SMILES string of the molecule is CCc1cn[nH]c1NC(=O)C1Cc2ccccc21. The molecule has 4 nitrogen and oxygen atoms in total. The van der Waals surface area contributed by atoms with E-state index in [2.05, 4.69) is 21.6 Å². The lowest BCUT2D eigenvalue weighted by Gasteiger charge is -2.28. The van der Waals surface area contributed by atoms with Gasteiger partial charge in [0.25, 0.3) is 0 Å². The highest BCUT2D eigenvalue weighted by Crippen LogP contribution is 2.35. The molecule has 2 aromatic rings. The largest absolute Gasteiger partial charge is 0.310 e. The van der Waals surface area contributed by atoms with Crippen LogP contribution in [0.3, 0.4) is 0 Å². The molecule has 18 heavy (non-hydrogen) atoms. The average molecular weight is 241 g/mol. The number of aryl methyl sites for hydroxylation is 1. The summed E-state index contributed by atoms with van der Waals surface area (Å²) in [6.07, 6.45) is 3.44. The van der Waals surface area contributed by atoms with Crippen LogP contribution < -0.4 is 5.32 Å². The zero-order valence-electron chi connectivity index (χ0n) is 10.2. The van der Waals surface area contributed by atoms with E-state index in [1.54, 1.807) is 6.20 Å². The van der Waals surface area contributed by atoms with Gasteiger partial charge in [-0.15, -0.1) is 0 Å². The fraction of sp³-hybridized carbons (Fsp3) is 0.286. The van der Waals surface area contributed by atoms with E-state index in [-0.39, 0.29) is 11.8 Å². The van der Waals surface area contributed by atoms with E-state index >= 15 is 0 Å². The Morgan fingerprint density at radius 3 is 3.11 bits per heavy atom. The smallest absolute Gasteiger partial charge is 0.233 e. The second kappa shape index (κ2) is 4.29. The van der Waals surface area contributed by atoms with Crippen LogP contribution in [-0.4, -0.2) is 16.1 Å². The molecule has 1 amide bonds. The zero-order valence-corrected chi connectivity index (χ0v) is 10.2. The predicted molar refractivity (Wildman–Crippen MR) is 69.5 cm³/mol. The summed E-state index contributed by atoms with van der Waals surface area (Å²) in [6.45, 7) is 2.04. The van der Waals surface area contributed by atoms with Crippen molar-refractivity contribution in [3.8, 4) is 0 Å². The minimum atomic E-state index is -0.0193. The first-order valence-electron chi connectivity index (χ1n) is 6.20. The number of hydrogen-bond acceptors (Lipinski definition) is 2. The van der Waals surface area contributed by atoms with Crippen molar-refractivity contribution in [2.45, 2.75) is 25.7 Å². The second-order valence-corrected chi connectivity index (χ2v) is 4.57. The molecule has 0 saturated heterocycles. The van der Waals surface area contributed by atoms with E-state index in [0.29, 0.717) is 0 Å². The number of anilines is 1. The summed E-state index contributed by atoms with van der Waals surface area (Å²) in [5.41, 5.74) is 3.46. The monoisotopic (exact) mass is 241 g/mol. The standard InChI is InChI=1S/C14H15N3O/c1-2-9-8-15-17-13(9)16-14(18)12-7-10-5-3-4-6-11(10)12/h3-6,8,12H,2,7H2,1H3,(H2,15,16,17,18). The number of aromatic amines is 1. The fourth-order valence-electron chi connectivity index (χ4n) is 2.39. The molecular formula is C14H15N3O. The Bertz CT molecular complexity index is 588. The third-order valence-electron chi connectivity index (χ3n) is 3.52. The number of carbonyl (C=O) groups is 1. The van der Waals surface area contributed by atoms with Gasteiger partial charge in [0, 0.05) is 5.56 Å². The Hall–Kier alpha value is -2.10. The molecule has 3 rings (SSSR count). The summed E-state index contributed by atoms with van der Waals surface area (Å²) in [4.78, 5) is 12.2. The molecule has 1 aliphatic carbocycles. The van der Waals surface area contributed by atoms with E-state index in [1.165, 1.54) is 5.56 Å². The van der Waals surface area contributed by atoms with Crippen molar-refractivity contribution in [3.63, 3.8) is 0 Å². The first-order chi connectivity index (χ1) is 8.79. The van der Waals surface area contributed by atoms with E-state index < -0.39 is 0 Å². The van der Waals surface area contributed by atoms with Crippen molar-refractivity contribution in [2.75, 3.05) is 5.32 Å². The van der Waals surface area contributed by atoms with Crippen LogP contribution >= 0.6 is 0 Å². The number of hydrogen-bond donors (Lipinski definition) is 2. The van der Waals surface area contributed by atoms with Crippen LogP contribution in [0.1, 0.15) is 29.5 Å². The van der Waals surface area contributed by atoms with Gasteiger partial charge in [0.1, 0.15) is 5.82 Å². The van der Waals surface area contributed by atoms with E-state index in [0.717, 1.165) is 29.8 Å². The van der Waals surface area contributed by atoms with Gasteiger partial charge in [0.15, 0.2) is 0 Å². The lowest BCUT2D eigenvalue weighted by molar-refractivity contribution is -0.118. The molecule has 0 spiro atoms. The highest BCUT2D eigenvalue weighted by molar-refractivity contribution is 5.97. The number of carbonyl (C=O) groups excluding carboxylic acids is 1. The molecule has 4 heteroatoms. The number of H-pyrrole nitrogens is 1. The van der Waals surface area contributed by atoms with Gasteiger partial charge in [-0.2, -0.15) is 5.10 Å². The maximum Gasteiger partial charge on any atom is 0.233 e. The maximum atomic E-state index is 12.2. The molecule has 1 heterocycles. The van der Waals surface area contributed by atoms with Gasteiger partial charge in [0.2, 0.25) is 5.91 Å². The Morgan fingerprint density at radius 2 is 2.33 bits per heavy atom. The van der Waals surface area contributed by atoms with Crippen molar-refractivity contribution >= 4 is 11.7 Å². The average Bonchev–Trinajstić information content (AvgIpc) is 2.78. The molecule has 92 valence electrons. The molecule has 0 bridgehead atoms. The minimum absolute atomic E-state index is 0.0193. The molecule has 0 radical (unpaired) electrons. The molecule has 1 atom stereocenters. The van der Waals surface area contributed by atoms with Gasteiger partial charge in [0.05, 0.1) is 12.1 Å². The van der Waals surface area contributed by atoms with Crippen molar-refractivity contribution in [1.29, 1.82) is 0 Å². The van der Waals surface area contributed by atoms with Gasteiger partial charge in [-0.1, -0.05) is 31.2 Å². The Morgan fingerprint density at radius 1 is 1.50 bits per heavy atom. The van der Waals surface area contributed by atoms with Crippen LogP contribution in [-0.2, 0) is 17.6 Å². The Kier molecular flexibility index (Phi) is 2.63. The normalized spacial score (nSPS) is 16.8. The molecule has 0 aliphatic heterocycles. The molecule has 1 aliphatic rings. The topological polar surface area (TPSA) is 57.8 Å². The van der Waals surface area contributed by atoms with Crippen LogP contribution in [0.25, 0.3) is 0 Å². The number of fused-ring (bicyclic) bond motifs is 1. The molecule has 0 fully saturated rings. The lowest BCUT2D eigenvalue weighted by Crippen LogP contribution is -2.30. The van der Waals surface area contributed by atoms with Crippen LogP contribution in [0.4, 0.5) is 5.82 Å². The summed E-state index contributed by atoms with van der Waals surface area (Å²) < 4.78 is 0. The van der Waals surface area contributed by atoms with Gasteiger partial charge in [-0.25, -0.2) is 0 Å². The lowest BCUT2D eigenvalue weighted by atomic mass is 9.77. The summed E-state index contributed by atoms with van der Waals surface area (Å²) in [5.74, 6) is 0.758. The Labute approximate surface area is 105 Å². The first kappa shape index (κ1) is 11.0. The number of amides is 1. The summed E-state index contributed by atoms with van der Waals surface area (Å²) in [6, 6.07) is 8.09. The summed E-state index contributed by atoms with van der Waals surface area (Å²) >= 11 is 0. The van der Waals surface area contributed by atoms with E-state index in [9.17, 15) is 4.79 Å². The van der Waals surface area contributed by atoms with Crippen LogP contribution in [0.15, 0.2) is 30.5 Å². The highest BCUT2D eigenvalue weighted by atomic mass is 16.2. The van der Waals surface area contributed by atoms with Crippen molar-refractivity contribution in [3.05, 3.63) is 47.2 Å². The highest BCUT2D eigenvalue weighted by Gasteiger charge is 2.32. The third-order valence-corrected chi connectivity index (χ3v) is 3.52. The maximum absolute atomic E-state index is 12.2. The summed E-state index contributed by atoms with van der Waals surface area (Å²) in [5, 5.41) is 9.71. The number of benzene rings is 1. The van der Waals surface area contributed by atoms with Crippen molar-refractivity contribution in [2.24, 2.45) is 0 Å². The fourth-order valence-corrected chi connectivity index (χ4v) is 2.39. The number of aromatic nitrogens is 2. The molecular weight excluding hydrogens is 226 g/mol. The van der Waals surface area contributed by atoms with Crippen LogP contribution in [0.2, 0.25) is 0 Å². The van der Waals surface area contributed by atoms with Gasteiger partial charge >= 0.3 is 0 Å². The zero-order chi connectivity index (χ0) is 12.5. The number of nitrogens with one attached hydrogen (secondary N) is 2. The number of nitrogens with zero attached hydrogens (tertiary/aromatic N) is 1. The van der Waals surface area contributed by atoms with Crippen molar-refractivity contribution in [1.82, 2.24) is 10.2 Å². The minimum Gasteiger partial charge on any atom is -0.310 e.